The number of methoxy groups -OCH3 is 1. The molecule has 12 heavy (non-hydrogen) atoms. The van der Waals surface area contributed by atoms with Crippen molar-refractivity contribution in [2.75, 3.05) is 13.7 Å². The van der Waals surface area contributed by atoms with Crippen LogP contribution < -0.4 is 0 Å². The van der Waals surface area contributed by atoms with E-state index >= 15 is 0 Å². The van der Waals surface area contributed by atoms with E-state index in [1.54, 1.807) is 0 Å². The molecule has 1 aliphatic rings. The maximum absolute atomic E-state index is 11.2. The van der Waals surface area contributed by atoms with Gasteiger partial charge in [0.15, 0.2) is 5.76 Å². The average molecular weight is 169 g/mol. The van der Waals surface area contributed by atoms with Crippen LogP contribution in [0, 0.1) is 0 Å². The number of carbonyl (C=O) groups excluding carboxylic acids is 2. The van der Waals surface area contributed by atoms with Crippen LogP contribution >= 0.6 is 0 Å². The van der Waals surface area contributed by atoms with Gasteiger partial charge in [0.25, 0.3) is 11.8 Å². The summed E-state index contributed by atoms with van der Waals surface area (Å²) in [6.07, 6.45) is 1.99. The zero-order chi connectivity index (χ0) is 9.14. The standard InChI is InChI=1S/C8H11NO3/c1-3-4-9-7(10)5-6(12-2)8(9)11/h5H,3-4H2,1-2H3. The quantitative estimate of drug-likeness (QED) is 0.571. The molecule has 0 aromatic carbocycles. The molecular formula is C8H11NO3. The average Bonchev–Trinajstić information content (AvgIpc) is 2.32. The molecule has 4 nitrogen and oxygen atoms in total. The highest BCUT2D eigenvalue weighted by atomic mass is 16.5. The minimum atomic E-state index is -0.329. The van der Waals surface area contributed by atoms with Gasteiger partial charge in [-0.2, -0.15) is 0 Å². The first-order chi connectivity index (χ1) is 5.70. The van der Waals surface area contributed by atoms with E-state index in [-0.39, 0.29) is 17.6 Å². The summed E-state index contributed by atoms with van der Waals surface area (Å²) in [5.74, 6) is -0.475. The summed E-state index contributed by atoms with van der Waals surface area (Å²) in [5.41, 5.74) is 0. The molecular weight excluding hydrogens is 158 g/mol. The van der Waals surface area contributed by atoms with Crippen molar-refractivity contribution in [2.24, 2.45) is 0 Å². The minimum Gasteiger partial charge on any atom is -0.491 e. The van der Waals surface area contributed by atoms with Gasteiger partial charge in [0.05, 0.1) is 13.2 Å². The normalized spacial score (nSPS) is 16.8. The Kier molecular flexibility index (Phi) is 2.47. The maximum atomic E-state index is 11.2. The van der Waals surface area contributed by atoms with Crippen LogP contribution in [0.1, 0.15) is 13.3 Å². The minimum absolute atomic E-state index is 0.133. The topological polar surface area (TPSA) is 46.6 Å². The summed E-state index contributed by atoms with van der Waals surface area (Å²) in [6.45, 7) is 2.37. The Bertz CT molecular complexity index is 245. The third-order valence-corrected chi connectivity index (χ3v) is 1.64. The monoisotopic (exact) mass is 169 g/mol. The number of hydrogen-bond donors (Lipinski definition) is 0. The van der Waals surface area contributed by atoms with Crippen LogP contribution in [0.2, 0.25) is 0 Å². The van der Waals surface area contributed by atoms with E-state index in [1.165, 1.54) is 18.1 Å². The number of ether oxygens (including phenoxy) is 1. The summed E-state index contributed by atoms with van der Waals surface area (Å²) in [6, 6.07) is 0. The zero-order valence-electron chi connectivity index (χ0n) is 7.16. The van der Waals surface area contributed by atoms with Gasteiger partial charge < -0.3 is 4.74 Å². The van der Waals surface area contributed by atoms with Crippen molar-refractivity contribution in [3.05, 3.63) is 11.8 Å². The van der Waals surface area contributed by atoms with E-state index in [2.05, 4.69) is 0 Å². The van der Waals surface area contributed by atoms with Gasteiger partial charge in [0.2, 0.25) is 0 Å². The molecule has 0 aliphatic carbocycles. The van der Waals surface area contributed by atoms with Gasteiger partial charge in [0.1, 0.15) is 0 Å². The SMILES string of the molecule is CCCN1C(=O)C=C(OC)C1=O. The smallest absolute Gasteiger partial charge is 0.295 e. The molecule has 0 aromatic rings. The fraction of sp³-hybridized carbons (Fsp3) is 0.500. The van der Waals surface area contributed by atoms with Crippen LogP contribution in [0.4, 0.5) is 0 Å². The lowest BCUT2D eigenvalue weighted by molar-refractivity contribution is -0.138. The molecule has 0 unspecified atom stereocenters. The van der Waals surface area contributed by atoms with Crippen molar-refractivity contribution in [1.82, 2.24) is 4.90 Å². The highest BCUT2D eigenvalue weighted by Gasteiger charge is 2.30. The highest BCUT2D eigenvalue weighted by molar-refractivity contribution is 6.15. The molecule has 0 bridgehead atoms. The molecule has 1 rings (SSSR count). The Morgan fingerprint density at radius 2 is 2.17 bits per heavy atom. The second kappa shape index (κ2) is 3.38. The molecule has 66 valence electrons. The van der Waals surface area contributed by atoms with Crippen LogP contribution in [-0.2, 0) is 14.3 Å². The van der Waals surface area contributed by atoms with Crippen molar-refractivity contribution < 1.29 is 14.3 Å². The van der Waals surface area contributed by atoms with Gasteiger partial charge in [-0.25, -0.2) is 0 Å². The number of rotatable bonds is 3. The van der Waals surface area contributed by atoms with E-state index in [0.717, 1.165) is 6.42 Å². The second-order valence-corrected chi connectivity index (χ2v) is 2.51. The van der Waals surface area contributed by atoms with Gasteiger partial charge in [-0.3, -0.25) is 14.5 Å². The molecule has 0 aromatic heterocycles. The van der Waals surface area contributed by atoms with Crippen molar-refractivity contribution in [3.63, 3.8) is 0 Å². The van der Waals surface area contributed by atoms with E-state index in [4.69, 9.17) is 4.74 Å². The Hall–Kier alpha value is -1.32. The summed E-state index contributed by atoms with van der Waals surface area (Å²) < 4.78 is 4.72. The lowest BCUT2D eigenvalue weighted by atomic mass is 10.4. The van der Waals surface area contributed by atoms with Crippen molar-refractivity contribution >= 4 is 11.8 Å². The summed E-state index contributed by atoms with van der Waals surface area (Å²) in [5, 5.41) is 0. The highest BCUT2D eigenvalue weighted by Crippen LogP contribution is 2.12. The number of carbonyl (C=O) groups is 2. The van der Waals surface area contributed by atoms with Crippen LogP contribution in [0.5, 0.6) is 0 Å². The molecule has 1 heterocycles. The molecule has 0 spiro atoms. The van der Waals surface area contributed by atoms with Crippen LogP contribution in [-0.4, -0.2) is 30.4 Å². The lowest BCUT2D eigenvalue weighted by Crippen LogP contribution is -2.31. The second-order valence-electron chi connectivity index (χ2n) is 2.51. The molecule has 0 fully saturated rings. The van der Waals surface area contributed by atoms with Crippen molar-refractivity contribution in [1.29, 1.82) is 0 Å². The first kappa shape index (κ1) is 8.77. The van der Waals surface area contributed by atoms with Gasteiger partial charge in [-0.1, -0.05) is 6.92 Å². The summed E-state index contributed by atoms with van der Waals surface area (Å²) >= 11 is 0. The molecule has 1 aliphatic heterocycles. The van der Waals surface area contributed by atoms with E-state index in [9.17, 15) is 9.59 Å². The Morgan fingerprint density at radius 1 is 1.50 bits per heavy atom. The number of nitrogens with zero attached hydrogens (tertiary/aromatic N) is 1. The first-order valence-electron chi connectivity index (χ1n) is 3.82. The third-order valence-electron chi connectivity index (χ3n) is 1.64. The predicted octanol–water partition coefficient (Wildman–Crippen LogP) is 0.295. The van der Waals surface area contributed by atoms with Crippen LogP contribution in [0.15, 0.2) is 11.8 Å². The van der Waals surface area contributed by atoms with Gasteiger partial charge in [-0.05, 0) is 6.42 Å². The van der Waals surface area contributed by atoms with Crippen LogP contribution in [0.25, 0.3) is 0 Å². The Labute approximate surface area is 70.8 Å². The number of amides is 2. The fourth-order valence-corrected chi connectivity index (χ4v) is 1.07. The molecule has 0 radical (unpaired) electrons. The first-order valence-corrected chi connectivity index (χ1v) is 3.82. The molecule has 0 saturated carbocycles. The molecule has 0 atom stereocenters. The van der Waals surface area contributed by atoms with E-state index in [0.29, 0.717) is 6.54 Å². The maximum Gasteiger partial charge on any atom is 0.295 e. The predicted molar refractivity (Wildman–Crippen MR) is 42.1 cm³/mol. The number of hydrogen-bond acceptors (Lipinski definition) is 3. The Morgan fingerprint density at radius 3 is 2.58 bits per heavy atom. The zero-order valence-corrected chi connectivity index (χ0v) is 7.16. The van der Waals surface area contributed by atoms with Gasteiger partial charge >= 0.3 is 0 Å². The Balaban J connectivity index is 2.73. The summed E-state index contributed by atoms with van der Waals surface area (Å²) in [7, 11) is 1.38. The fourth-order valence-electron chi connectivity index (χ4n) is 1.07. The van der Waals surface area contributed by atoms with Crippen LogP contribution in [0.3, 0.4) is 0 Å². The molecule has 2 amide bonds. The largest absolute Gasteiger partial charge is 0.491 e. The van der Waals surface area contributed by atoms with E-state index < -0.39 is 0 Å². The lowest BCUT2D eigenvalue weighted by Gasteiger charge is -2.11. The molecule has 0 N–H and O–H groups in total. The van der Waals surface area contributed by atoms with Gasteiger partial charge in [-0.15, -0.1) is 0 Å². The van der Waals surface area contributed by atoms with Crippen molar-refractivity contribution in [3.8, 4) is 0 Å². The van der Waals surface area contributed by atoms with Gasteiger partial charge in [0, 0.05) is 6.54 Å². The van der Waals surface area contributed by atoms with E-state index in [1.807, 2.05) is 6.92 Å². The molecule has 4 heteroatoms. The summed E-state index contributed by atoms with van der Waals surface area (Å²) in [4.78, 5) is 23.5. The van der Waals surface area contributed by atoms with Crippen molar-refractivity contribution in [2.45, 2.75) is 13.3 Å². The third kappa shape index (κ3) is 1.32. The number of imide groups is 1. The molecule has 0 saturated heterocycles.